The molecule has 2 aliphatic carbocycles. The van der Waals surface area contributed by atoms with Crippen LogP contribution in [0.5, 0.6) is 0 Å². The molecular formula is C15H18N2O3. The van der Waals surface area contributed by atoms with Crippen LogP contribution >= 0.6 is 0 Å². The predicted octanol–water partition coefficient (Wildman–Crippen LogP) is 1.40. The summed E-state index contributed by atoms with van der Waals surface area (Å²) in [6.45, 7) is 0. The molecule has 0 unspecified atom stereocenters. The molecule has 1 N–H and O–H groups in total. The van der Waals surface area contributed by atoms with Gasteiger partial charge in [0.05, 0.1) is 18.6 Å². The summed E-state index contributed by atoms with van der Waals surface area (Å²) in [5.74, 6) is 0.189. The summed E-state index contributed by atoms with van der Waals surface area (Å²) in [7, 11) is 1.41. The lowest BCUT2D eigenvalue weighted by molar-refractivity contribution is -0.148. The van der Waals surface area contributed by atoms with E-state index in [2.05, 4.69) is 10.3 Å². The quantitative estimate of drug-likeness (QED) is 0.846. The number of rotatable bonds is 3. The molecule has 4 atom stereocenters. The van der Waals surface area contributed by atoms with Crippen molar-refractivity contribution in [2.45, 2.75) is 25.3 Å². The fraction of sp³-hybridized carbons (Fsp3) is 0.533. The smallest absolute Gasteiger partial charge is 0.311 e. The molecule has 5 heteroatoms. The number of nitrogens with one attached hydrogen (secondary N) is 1. The highest BCUT2D eigenvalue weighted by Gasteiger charge is 2.52. The Bertz CT molecular complexity index is 517. The Hall–Kier alpha value is -1.91. The number of hydrogen-bond donors (Lipinski definition) is 1. The lowest BCUT2D eigenvalue weighted by Crippen LogP contribution is -2.47. The van der Waals surface area contributed by atoms with Gasteiger partial charge in [-0.1, -0.05) is 0 Å². The summed E-state index contributed by atoms with van der Waals surface area (Å²) in [4.78, 5) is 28.1. The van der Waals surface area contributed by atoms with E-state index in [1.165, 1.54) is 13.3 Å². The number of hydrogen-bond acceptors (Lipinski definition) is 4. The van der Waals surface area contributed by atoms with Crippen LogP contribution in [-0.4, -0.2) is 30.0 Å². The third-order valence-corrected chi connectivity index (χ3v) is 4.61. The first kappa shape index (κ1) is 13.1. The van der Waals surface area contributed by atoms with Gasteiger partial charge in [-0.05, 0) is 43.2 Å². The molecule has 1 aromatic rings. The summed E-state index contributed by atoms with van der Waals surface area (Å²) >= 11 is 0. The van der Waals surface area contributed by atoms with E-state index in [9.17, 15) is 9.59 Å². The van der Waals surface area contributed by atoms with E-state index in [1.807, 2.05) is 0 Å². The van der Waals surface area contributed by atoms with Gasteiger partial charge >= 0.3 is 5.97 Å². The van der Waals surface area contributed by atoms with Gasteiger partial charge in [0.15, 0.2) is 0 Å². The van der Waals surface area contributed by atoms with Crippen molar-refractivity contribution in [3.05, 3.63) is 30.1 Å². The predicted molar refractivity (Wildman–Crippen MR) is 71.8 cm³/mol. The highest BCUT2D eigenvalue weighted by molar-refractivity contribution is 5.94. The van der Waals surface area contributed by atoms with Crippen molar-refractivity contribution in [2.24, 2.45) is 17.8 Å². The van der Waals surface area contributed by atoms with E-state index in [4.69, 9.17) is 4.74 Å². The molecule has 2 aliphatic rings. The Labute approximate surface area is 117 Å². The first-order valence-electron chi connectivity index (χ1n) is 6.99. The maximum Gasteiger partial charge on any atom is 0.311 e. The minimum Gasteiger partial charge on any atom is -0.469 e. The Balaban J connectivity index is 1.75. The molecule has 2 saturated carbocycles. The van der Waals surface area contributed by atoms with Crippen LogP contribution in [0.4, 0.5) is 0 Å². The molecule has 0 saturated heterocycles. The summed E-state index contributed by atoms with van der Waals surface area (Å²) in [5.41, 5.74) is 0.527. The van der Waals surface area contributed by atoms with Crippen molar-refractivity contribution in [1.29, 1.82) is 0 Å². The normalized spacial score (nSPS) is 31.1. The molecule has 106 valence electrons. The van der Waals surface area contributed by atoms with Crippen LogP contribution in [0.1, 0.15) is 29.6 Å². The van der Waals surface area contributed by atoms with Gasteiger partial charge in [0, 0.05) is 18.4 Å². The Morgan fingerprint density at radius 3 is 2.85 bits per heavy atom. The zero-order chi connectivity index (χ0) is 14.1. The number of carbonyl (C=O) groups excluding carboxylic acids is 2. The molecule has 0 aromatic carbocycles. The number of pyridine rings is 1. The van der Waals surface area contributed by atoms with Gasteiger partial charge in [-0.2, -0.15) is 0 Å². The molecule has 0 radical (unpaired) electrons. The molecule has 5 nitrogen and oxygen atoms in total. The van der Waals surface area contributed by atoms with Gasteiger partial charge in [-0.15, -0.1) is 0 Å². The Morgan fingerprint density at radius 2 is 2.15 bits per heavy atom. The molecule has 1 heterocycles. The Morgan fingerprint density at radius 1 is 1.35 bits per heavy atom. The van der Waals surface area contributed by atoms with Crippen LogP contribution in [0.15, 0.2) is 24.5 Å². The zero-order valence-electron chi connectivity index (χ0n) is 11.4. The summed E-state index contributed by atoms with van der Waals surface area (Å²) < 4.78 is 4.90. The number of fused-ring (bicyclic) bond motifs is 2. The van der Waals surface area contributed by atoms with Crippen molar-refractivity contribution >= 4 is 11.9 Å². The van der Waals surface area contributed by atoms with Gasteiger partial charge in [-0.25, -0.2) is 0 Å². The van der Waals surface area contributed by atoms with Gasteiger partial charge in [-0.3, -0.25) is 14.6 Å². The number of ether oxygens (including phenoxy) is 1. The van der Waals surface area contributed by atoms with Crippen molar-refractivity contribution in [3.8, 4) is 0 Å². The van der Waals surface area contributed by atoms with E-state index < -0.39 is 0 Å². The average Bonchev–Trinajstić information content (AvgIpc) is 3.08. The second-order valence-corrected chi connectivity index (χ2v) is 5.62. The molecule has 2 fully saturated rings. The lowest BCUT2D eigenvalue weighted by atomic mass is 9.84. The molecular weight excluding hydrogens is 256 g/mol. The second-order valence-electron chi connectivity index (χ2n) is 5.62. The average molecular weight is 274 g/mol. The number of amides is 1. The third-order valence-electron chi connectivity index (χ3n) is 4.61. The number of aromatic nitrogens is 1. The van der Waals surface area contributed by atoms with Crippen LogP contribution in [0, 0.1) is 17.8 Å². The zero-order valence-corrected chi connectivity index (χ0v) is 11.4. The molecule has 3 rings (SSSR count). The number of nitrogens with zero attached hydrogens (tertiary/aromatic N) is 1. The summed E-state index contributed by atoms with van der Waals surface area (Å²) in [6, 6.07) is 3.35. The first-order chi connectivity index (χ1) is 9.70. The minimum atomic E-state index is -0.200. The fourth-order valence-electron chi connectivity index (χ4n) is 3.71. The maximum absolute atomic E-state index is 12.2. The van der Waals surface area contributed by atoms with E-state index >= 15 is 0 Å². The monoisotopic (exact) mass is 274 g/mol. The Kier molecular flexibility index (Phi) is 3.42. The lowest BCUT2D eigenvalue weighted by Gasteiger charge is -2.29. The van der Waals surface area contributed by atoms with Crippen molar-refractivity contribution < 1.29 is 14.3 Å². The molecule has 0 spiro atoms. The summed E-state index contributed by atoms with van der Waals surface area (Å²) in [6.07, 6.45) is 6.32. The van der Waals surface area contributed by atoms with Crippen LogP contribution in [0.2, 0.25) is 0 Å². The first-order valence-corrected chi connectivity index (χ1v) is 6.99. The topological polar surface area (TPSA) is 68.3 Å². The molecule has 2 bridgehead atoms. The molecule has 0 aliphatic heterocycles. The largest absolute Gasteiger partial charge is 0.469 e. The number of carbonyl (C=O) groups is 2. The molecule has 20 heavy (non-hydrogen) atoms. The minimum absolute atomic E-state index is 0.103. The number of esters is 1. The van der Waals surface area contributed by atoms with Crippen LogP contribution < -0.4 is 5.32 Å². The van der Waals surface area contributed by atoms with E-state index in [0.717, 1.165) is 19.3 Å². The SMILES string of the molecule is COC(=O)[C@H]1[C@H]2CC[C@@H](C2)[C@@H]1NC(=O)c1cccnc1. The number of methoxy groups -OCH3 is 1. The standard InChI is InChI=1S/C15H18N2O3/c1-20-15(19)12-9-4-5-10(7-9)13(12)17-14(18)11-3-2-6-16-8-11/h2-3,6,8-10,12-13H,4-5,7H2,1H3,(H,17,18)/t9-,10-,12-,13-/m0/s1. The summed E-state index contributed by atoms with van der Waals surface area (Å²) in [5, 5.41) is 3.01. The van der Waals surface area contributed by atoms with E-state index in [1.54, 1.807) is 18.3 Å². The second kappa shape index (κ2) is 5.23. The highest BCUT2D eigenvalue weighted by Crippen LogP contribution is 2.48. The highest BCUT2D eigenvalue weighted by atomic mass is 16.5. The molecule has 1 aromatic heterocycles. The molecule has 1 amide bonds. The van der Waals surface area contributed by atoms with Crippen LogP contribution in [-0.2, 0) is 9.53 Å². The van der Waals surface area contributed by atoms with Gasteiger partial charge in [0.25, 0.3) is 5.91 Å². The van der Waals surface area contributed by atoms with Crippen molar-refractivity contribution in [1.82, 2.24) is 10.3 Å². The van der Waals surface area contributed by atoms with Gasteiger partial charge < -0.3 is 10.1 Å². The van der Waals surface area contributed by atoms with Gasteiger partial charge in [0.2, 0.25) is 0 Å². The fourth-order valence-corrected chi connectivity index (χ4v) is 3.71. The third kappa shape index (κ3) is 2.17. The van der Waals surface area contributed by atoms with Crippen molar-refractivity contribution in [2.75, 3.05) is 7.11 Å². The van der Waals surface area contributed by atoms with Crippen LogP contribution in [0.3, 0.4) is 0 Å². The van der Waals surface area contributed by atoms with E-state index in [0.29, 0.717) is 17.4 Å². The van der Waals surface area contributed by atoms with Gasteiger partial charge in [0.1, 0.15) is 0 Å². The van der Waals surface area contributed by atoms with E-state index in [-0.39, 0.29) is 23.8 Å². The maximum atomic E-state index is 12.2. The van der Waals surface area contributed by atoms with Crippen molar-refractivity contribution in [3.63, 3.8) is 0 Å². The van der Waals surface area contributed by atoms with Crippen LogP contribution in [0.25, 0.3) is 0 Å².